The summed E-state index contributed by atoms with van der Waals surface area (Å²) in [6.07, 6.45) is 0. The molecule has 150 valence electrons. The van der Waals surface area contributed by atoms with Crippen LogP contribution in [0.3, 0.4) is 0 Å². The van der Waals surface area contributed by atoms with Crippen molar-refractivity contribution in [3.63, 3.8) is 0 Å². The fourth-order valence-electron chi connectivity index (χ4n) is 3.42. The molecule has 3 rings (SSSR count). The second kappa shape index (κ2) is 6.90. The molecule has 2 aromatic rings. The molecule has 0 unspecified atom stereocenters. The lowest BCUT2D eigenvalue weighted by Gasteiger charge is -2.32. The first-order valence-electron chi connectivity index (χ1n) is 9.36. The molecule has 1 aromatic carbocycles. The highest BCUT2D eigenvalue weighted by atomic mass is 35.5. The molecule has 28 heavy (non-hydrogen) atoms. The first-order chi connectivity index (χ1) is 12.9. The fourth-order valence-corrected chi connectivity index (χ4v) is 3.73. The van der Waals surface area contributed by atoms with Crippen LogP contribution < -0.4 is 16.2 Å². The van der Waals surface area contributed by atoms with Gasteiger partial charge in [0.25, 0.3) is 5.91 Å². The predicted octanol–water partition coefficient (Wildman–Crippen LogP) is 2.89. The van der Waals surface area contributed by atoms with Gasteiger partial charge < -0.3 is 19.2 Å². The van der Waals surface area contributed by atoms with Gasteiger partial charge in [-0.2, -0.15) is 0 Å². The van der Waals surface area contributed by atoms with Gasteiger partial charge in [-0.25, -0.2) is 0 Å². The van der Waals surface area contributed by atoms with E-state index in [1.165, 1.54) is 13.1 Å². The van der Waals surface area contributed by atoms with E-state index in [2.05, 4.69) is 5.32 Å². The van der Waals surface area contributed by atoms with E-state index in [4.69, 9.17) is 20.9 Å². The third-order valence-electron chi connectivity index (χ3n) is 5.63. The number of carbonyl (C=O) groups is 1. The summed E-state index contributed by atoms with van der Waals surface area (Å²) in [5.41, 5.74) is 0.284. The van der Waals surface area contributed by atoms with Crippen molar-refractivity contribution in [1.82, 2.24) is 9.88 Å². The number of aromatic nitrogens is 1. The second-order valence-corrected chi connectivity index (χ2v) is 8.83. The van der Waals surface area contributed by atoms with Gasteiger partial charge in [-0.05, 0) is 59.1 Å². The third kappa shape index (κ3) is 3.25. The van der Waals surface area contributed by atoms with E-state index in [1.807, 2.05) is 52.2 Å². The van der Waals surface area contributed by atoms with Crippen molar-refractivity contribution in [2.24, 2.45) is 0 Å². The number of nitrogens with zero attached hydrogens (tertiary/aromatic N) is 1. The largest absolute Gasteiger partial charge is 0.494 e. The van der Waals surface area contributed by atoms with Crippen LogP contribution >= 0.6 is 11.6 Å². The molecule has 1 amide bonds. The van der Waals surface area contributed by atoms with Crippen molar-refractivity contribution in [3.05, 3.63) is 39.1 Å². The minimum atomic E-state index is -0.619. The summed E-state index contributed by atoms with van der Waals surface area (Å²) >= 11 is 6.51. The van der Waals surface area contributed by atoms with Gasteiger partial charge >= 0.3 is 7.12 Å². The fraction of sp³-hybridized carbons (Fsp3) is 0.500. The Hall–Kier alpha value is -1.83. The van der Waals surface area contributed by atoms with Crippen LogP contribution in [0, 0.1) is 0 Å². The number of hydrogen-bond acceptors (Lipinski definition) is 4. The molecule has 0 saturated carbocycles. The van der Waals surface area contributed by atoms with Gasteiger partial charge in [-0.1, -0.05) is 11.6 Å². The van der Waals surface area contributed by atoms with Crippen LogP contribution in [0.2, 0.25) is 5.02 Å². The predicted molar refractivity (Wildman–Crippen MR) is 113 cm³/mol. The highest BCUT2D eigenvalue weighted by Crippen LogP contribution is 2.37. The number of rotatable bonds is 3. The normalized spacial score (nSPS) is 18.1. The van der Waals surface area contributed by atoms with Crippen molar-refractivity contribution in [3.8, 4) is 0 Å². The summed E-state index contributed by atoms with van der Waals surface area (Å²) in [5.74, 6) is -0.329. The number of carbonyl (C=O) groups excluding carboxylic acids is 1. The Balaban J connectivity index is 2.28. The summed E-state index contributed by atoms with van der Waals surface area (Å²) in [4.78, 5) is 25.1. The van der Waals surface area contributed by atoms with E-state index in [0.717, 1.165) is 0 Å². The summed E-state index contributed by atoms with van der Waals surface area (Å²) in [7, 11) is 0.918. The SMILES string of the molecule is CNC(=O)c1cc(=O)c2c(Cl)cc(B3OC(C)(C)C(C)(C)O3)cc2n1C(C)C. The first kappa shape index (κ1) is 20.9. The Morgan fingerprint density at radius 1 is 1.14 bits per heavy atom. The average Bonchev–Trinajstić information content (AvgIpc) is 2.80. The van der Waals surface area contributed by atoms with Crippen molar-refractivity contribution >= 4 is 41.0 Å². The van der Waals surface area contributed by atoms with Crippen molar-refractivity contribution in [1.29, 1.82) is 0 Å². The lowest BCUT2D eigenvalue weighted by Crippen LogP contribution is -2.41. The molecule has 0 atom stereocenters. The molecular formula is C20H26BClN2O4. The number of benzene rings is 1. The molecular weight excluding hydrogens is 378 g/mol. The summed E-state index contributed by atoms with van der Waals surface area (Å²) < 4.78 is 14.1. The third-order valence-corrected chi connectivity index (χ3v) is 5.92. The maximum Gasteiger partial charge on any atom is 0.494 e. The number of halogens is 1. The molecule has 8 heteroatoms. The van der Waals surface area contributed by atoms with E-state index in [9.17, 15) is 9.59 Å². The Morgan fingerprint density at radius 2 is 1.71 bits per heavy atom. The molecule has 1 aliphatic heterocycles. The van der Waals surface area contributed by atoms with Gasteiger partial charge in [0.05, 0.1) is 27.1 Å². The first-order valence-corrected chi connectivity index (χ1v) is 9.74. The zero-order valence-electron chi connectivity index (χ0n) is 17.3. The molecule has 2 heterocycles. The van der Waals surface area contributed by atoms with Crippen molar-refractivity contribution in [2.45, 2.75) is 58.8 Å². The number of fused-ring (bicyclic) bond motifs is 1. The lowest BCUT2D eigenvalue weighted by atomic mass is 9.78. The van der Waals surface area contributed by atoms with Crippen LogP contribution in [0.15, 0.2) is 23.0 Å². The number of pyridine rings is 1. The summed E-state index contributed by atoms with van der Waals surface area (Å²) in [6, 6.07) is 4.80. The van der Waals surface area contributed by atoms with E-state index in [-0.39, 0.29) is 23.1 Å². The second-order valence-electron chi connectivity index (χ2n) is 8.42. The quantitative estimate of drug-likeness (QED) is 0.799. The highest BCUT2D eigenvalue weighted by Gasteiger charge is 2.51. The summed E-state index contributed by atoms with van der Waals surface area (Å²) in [5, 5.41) is 3.28. The number of nitrogens with one attached hydrogen (secondary N) is 1. The van der Waals surface area contributed by atoms with Crippen LogP contribution in [0.25, 0.3) is 10.9 Å². The van der Waals surface area contributed by atoms with Gasteiger partial charge in [0, 0.05) is 19.2 Å². The Labute approximate surface area is 170 Å². The number of hydrogen-bond donors (Lipinski definition) is 1. The molecule has 1 fully saturated rings. The molecule has 0 radical (unpaired) electrons. The molecule has 1 aliphatic rings. The zero-order chi connectivity index (χ0) is 21.0. The van der Waals surface area contributed by atoms with Gasteiger partial charge in [0.1, 0.15) is 5.69 Å². The van der Waals surface area contributed by atoms with E-state index in [1.54, 1.807) is 6.07 Å². The molecule has 1 saturated heterocycles. The topological polar surface area (TPSA) is 69.6 Å². The molecule has 6 nitrogen and oxygen atoms in total. The van der Waals surface area contributed by atoms with Gasteiger partial charge in [-0.15, -0.1) is 0 Å². The van der Waals surface area contributed by atoms with E-state index >= 15 is 0 Å². The molecule has 0 spiro atoms. The Morgan fingerprint density at radius 3 is 2.21 bits per heavy atom. The van der Waals surface area contributed by atoms with Gasteiger partial charge in [0.15, 0.2) is 5.43 Å². The Bertz CT molecular complexity index is 997. The van der Waals surface area contributed by atoms with Crippen LogP contribution in [0.5, 0.6) is 0 Å². The monoisotopic (exact) mass is 404 g/mol. The number of amides is 1. The van der Waals surface area contributed by atoms with Crippen LogP contribution in [-0.2, 0) is 9.31 Å². The lowest BCUT2D eigenvalue weighted by molar-refractivity contribution is 0.00578. The zero-order valence-corrected chi connectivity index (χ0v) is 18.1. The minimum Gasteiger partial charge on any atom is -0.399 e. The van der Waals surface area contributed by atoms with Gasteiger partial charge in [-0.3, -0.25) is 9.59 Å². The van der Waals surface area contributed by atoms with E-state index in [0.29, 0.717) is 21.4 Å². The smallest absolute Gasteiger partial charge is 0.399 e. The Kier molecular flexibility index (Phi) is 5.15. The standard InChI is InChI=1S/C20H26BClN2O4/c1-11(2)24-14-9-12(21-27-19(3,4)20(5,6)28-21)8-13(22)17(14)16(25)10-15(24)18(26)23-7/h8-11H,1-7H3,(H,23,26). The van der Waals surface area contributed by atoms with E-state index < -0.39 is 18.3 Å². The van der Waals surface area contributed by atoms with Crippen LogP contribution in [0.1, 0.15) is 58.1 Å². The van der Waals surface area contributed by atoms with Crippen molar-refractivity contribution < 1.29 is 14.1 Å². The molecule has 1 aromatic heterocycles. The average molecular weight is 405 g/mol. The molecule has 0 aliphatic carbocycles. The van der Waals surface area contributed by atoms with Crippen molar-refractivity contribution in [2.75, 3.05) is 7.05 Å². The highest BCUT2D eigenvalue weighted by molar-refractivity contribution is 6.63. The molecule has 0 bridgehead atoms. The minimum absolute atomic E-state index is 0.0694. The van der Waals surface area contributed by atoms with Crippen LogP contribution in [0.4, 0.5) is 0 Å². The molecule has 1 N–H and O–H groups in total. The summed E-state index contributed by atoms with van der Waals surface area (Å²) in [6.45, 7) is 11.8. The maximum atomic E-state index is 12.7. The maximum absolute atomic E-state index is 12.7. The van der Waals surface area contributed by atoms with Gasteiger partial charge in [0.2, 0.25) is 0 Å². The van der Waals surface area contributed by atoms with Crippen LogP contribution in [-0.4, -0.2) is 35.8 Å².